The van der Waals surface area contributed by atoms with E-state index in [0.29, 0.717) is 12.6 Å². The Bertz CT molecular complexity index is 315. The van der Waals surface area contributed by atoms with E-state index in [1.54, 1.807) is 6.20 Å². The molecule has 1 aromatic heterocycles. The Hall–Kier alpha value is -0.710. The molecule has 15 heavy (non-hydrogen) atoms. The first kappa shape index (κ1) is 10.8. The zero-order valence-electron chi connectivity index (χ0n) is 8.45. The van der Waals surface area contributed by atoms with Crippen molar-refractivity contribution in [2.75, 3.05) is 13.2 Å². The van der Waals surface area contributed by atoms with Gasteiger partial charge in [0.2, 0.25) is 5.28 Å². The second-order valence-electron chi connectivity index (χ2n) is 3.63. The molecule has 82 valence electrons. The molecule has 0 aromatic carbocycles. The molecule has 4 nitrogen and oxygen atoms in total. The predicted molar refractivity (Wildman–Crippen MR) is 57.7 cm³/mol. The van der Waals surface area contributed by atoms with E-state index in [0.717, 1.165) is 18.8 Å². The molecule has 0 aliphatic carbocycles. The van der Waals surface area contributed by atoms with Crippen molar-refractivity contribution in [3.05, 3.63) is 23.2 Å². The molecule has 1 fully saturated rings. The molecule has 0 spiro atoms. The van der Waals surface area contributed by atoms with Crippen LogP contribution in [0.4, 0.5) is 0 Å². The minimum atomic E-state index is 0.273. The summed E-state index contributed by atoms with van der Waals surface area (Å²) in [4.78, 5) is 7.86. The third kappa shape index (κ3) is 3.41. The fraction of sp³-hybridized carbons (Fsp3) is 0.600. The fourth-order valence-corrected chi connectivity index (χ4v) is 1.82. The van der Waals surface area contributed by atoms with E-state index in [1.807, 2.05) is 6.07 Å². The first-order valence-electron chi connectivity index (χ1n) is 5.13. The number of hydrogen-bond acceptors (Lipinski definition) is 4. The van der Waals surface area contributed by atoms with E-state index >= 15 is 0 Å². The highest BCUT2D eigenvalue weighted by Gasteiger charge is 2.13. The molecule has 0 amide bonds. The number of rotatable bonds is 4. The van der Waals surface area contributed by atoms with Gasteiger partial charge in [0, 0.05) is 12.2 Å². The SMILES string of the molecule is Clc1nccc(COCC2CCCN2)n1. The first-order chi connectivity index (χ1) is 7.34. The molecule has 0 radical (unpaired) electrons. The summed E-state index contributed by atoms with van der Waals surface area (Å²) in [6, 6.07) is 2.32. The van der Waals surface area contributed by atoms with E-state index in [2.05, 4.69) is 15.3 Å². The molecule has 5 heteroatoms. The summed E-state index contributed by atoms with van der Waals surface area (Å²) in [5.41, 5.74) is 0.827. The van der Waals surface area contributed by atoms with Gasteiger partial charge in [-0.15, -0.1) is 0 Å². The van der Waals surface area contributed by atoms with Crippen LogP contribution in [-0.2, 0) is 11.3 Å². The van der Waals surface area contributed by atoms with Gasteiger partial charge in [-0.25, -0.2) is 9.97 Å². The second kappa shape index (κ2) is 5.39. The minimum absolute atomic E-state index is 0.273. The lowest BCUT2D eigenvalue weighted by atomic mass is 10.2. The Morgan fingerprint density at radius 1 is 1.60 bits per heavy atom. The van der Waals surface area contributed by atoms with Gasteiger partial charge in [-0.1, -0.05) is 0 Å². The van der Waals surface area contributed by atoms with Crippen LogP contribution in [0.2, 0.25) is 5.28 Å². The maximum atomic E-state index is 5.66. The van der Waals surface area contributed by atoms with E-state index in [-0.39, 0.29) is 5.28 Å². The van der Waals surface area contributed by atoms with Crippen LogP contribution in [0.1, 0.15) is 18.5 Å². The van der Waals surface area contributed by atoms with Crippen molar-refractivity contribution in [3.63, 3.8) is 0 Å². The van der Waals surface area contributed by atoms with Crippen molar-refractivity contribution in [1.29, 1.82) is 0 Å². The molecule has 1 aromatic rings. The third-order valence-electron chi connectivity index (χ3n) is 2.42. The summed E-state index contributed by atoms with van der Waals surface area (Å²) in [5.74, 6) is 0. The maximum Gasteiger partial charge on any atom is 0.222 e. The third-order valence-corrected chi connectivity index (χ3v) is 2.60. The van der Waals surface area contributed by atoms with Crippen molar-refractivity contribution in [2.45, 2.75) is 25.5 Å². The van der Waals surface area contributed by atoms with Gasteiger partial charge in [0.05, 0.1) is 18.9 Å². The van der Waals surface area contributed by atoms with Gasteiger partial charge in [0.1, 0.15) is 0 Å². The van der Waals surface area contributed by atoms with E-state index in [4.69, 9.17) is 16.3 Å². The zero-order chi connectivity index (χ0) is 10.5. The molecular formula is C10H14ClN3O. The Morgan fingerprint density at radius 3 is 3.27 bits per heavy atom. The molecule has 2 heterocycles. The number of nitrogens with one attached hydrogen (secondary N) is 1. The van der Waals surface area contributed by atoms with Crippen LogP contribution in [0.15, 0.2) is 12.3 Å². The van der Waals surface area contributed by atoms with Crippen molar-refractivity contribution < 1.29 is 4.74 Å². The van der Waals surface area contributed by atoms with E-state index < -0.39 is 0 Å². The van der Waals surface area contributed by atoms with Gasteiger partial charge in [-0.05, 0) is 37.1 Å². The Balaban J connectivity index is 1.73. The molecule has 2 rings (SSSR count). The first-order valence-corrected chi connectivity index (χ1v) is 5.51. The summed E-state index contributed by atoms with van der Waals surface area (Å²) in [6.45, 7) is 2.34. The van der Waals surface area contributed by atoms with E-state index in [1.165, 1.54) is 12.8 Å². The lowest BCUT2D eigenvalue weighted by Gasteiger charge is -2.10. The Labute approximate surface area is 94.0 Å². The van der Waals surface area contributed by atoms with Crippen LogP contribution in [0.25, 0.3) is 0 Å². The van der Waals surface area contributed by atoms with Gasteiger partial charge >= 0.3 is 0 Å². The van der Waals surface area contributed by atoms with Gasteiger partial charge in [-0.2, -0.15) is 0 Å². The van der Waals surface area contributed by atoms with Crippen molar-refractivity contribution in [2.24, 2.45) is 0 Å². The molecule has 1 aliphatic rings. The molecular weight excluding hydrogens is 214 g/mol. The minimum Gasteiger partial charge on any atom is -0.374 e. The van der Waals surface area contributed by atoms with Gasteiger partial charge < -0.3 is 10.1 Å². The number of nitrogens with zero attached hydrogens (tertiary/aromatic N) is 2. The van der Waals surface area contributed by atoms with Crippen LogP contribution < -0.4 is 5.32 Å². The average molecular weight is 228 g/mol. The van der Waals surface area contributed by atoms with Crippen LogP contribution in [0, 0.1) is 0 Å². The molecule has 1 aliphatic heterocycles. The molecule has 1 N–H and O–H groups in total. The lowest BCUT2D eigenvalue weighted by molar-refractivity contribution is 0.101. The molecule has 1 atom stereocenters. The number of hydrogen-bond donors (Lipinski definition) is 1. The molecule has 0 bridgehead atoms. The monoisotopic (exact) mass is 227 g/mol. The standard InChI is InChI=1S/C10H14ClN3O/c11-10-13-5-3-9(14-10)7-15-6-8-2-1-4-12-8/h3,5,8,12H,1-2,4,6-7H2. The van der Waals surface area contributed by atoms with Crippen LogP contribution >= 0.6 is 11.6 Å². The fourth-order valence-electron chi connectivity index (χ4n) is 1.65. The second-order valence-corrected chi connectivity index (χ2v) is 3.96. The van der Waals surface area contributed by atoms with Crippen molar-refractivity contribution in [3.8, 4) is 0 Å². The highest BCUT2D eigenvalue weighted by molar-refractivity contribution is 6.28. The highest BCUT2D eigenvalue weighted by Crippen LogP contribution is 2.07. The average Bonchev–Trinajstić information content (AvgIpc) is 2.71. The van der Waals surface area contributed by atoms with E-state index in [9.17, 15) is 0 Å². The van der Waals surface area contributed by atoms with Crippen LogP contribution in [0.5, 0.6) is 0 Å². The predicted octanol–water partition coefficient (Wildman–Crippen LogP) is 1.40. The topological polar surface area (TPSA) is 47.0 Å². The maximum absolute atomic E-state index is 5.66. The lowest BCUT2D eigenvalue weighted by Crippen LogP contribution is -2.26. The van der Waals surface area contributed by atoms with Gasteiger partial charge in [0.15, 0.2) is 0 Å². The largest absolute Gasteiger partial charge is 0.374 e. The number of ether oxygens (including phenoxy) is 1. The zero-order valence-corrected chi connectivity index (χ0v) is 9.20. The normalized spacial score (nSPS) is 20.7. The van der Waals surface area contributed by atoms with Crippen LogP contribution in [-0.4, -0.2) is 29.2 Å². The van der Waals surface area contributed by atoms with Gasteiger partial charge in [-0.3, -0.25) is 0 Å². The molecule has 1 unspecified atom stereocenters. The molecule has 0 saturated carbocycles. The summed E-state index contributed by atoms with van der Waals surface area (Å²) in [5, 5.41) is 3.64. The summed E-state index contributed by atoms with van der Waals surface area (Å²) >= 11 is 5.66. The Morgan fingerprint density at radius 2 is 2.53 bits per heavy atom. The number of halogens is 1. The highest BCUT2D eigenvalue weighted by atomic mass is 35.5. The van der Waals surface area contributed by atoms with Crippen molar-refractivity contribution in [1.82, 2.24) is 15.3 Å². The molecule has 1 saturated heterocycles. The van der Waals surface area contributed by atoms with Crippen LogP contribution in [0.3, 0.4) is 0 Å². The van der Waals surface area contributed by atoms with Crippen molar-refractivity contribution >= 4 is 11.6 Å². The quantitative estimate of drug-likeness (QED) is 0.790. The summed E-state index contributed by atoms with van der Waals surface area (Å²) in [7, 11) is 0. The summed E-state index contributed by atoms with van der Waals surface area (Å²) < 4.78 is 5.55. The van der Waals surface area contributed by atoms with Gasteiger partial charge in [0.25, 0.3) is 0 Å². The smallest absolute Gasteiger partial charge is 0.222 e. The summed E-state index contributed by atoms with van der Waals surface area (Å²) in [6.07, 6.45) is 4.08. The Kier molecular flexibility index (Phi) is 3.88. The number of aromatic nitrogens is 2.